The Balaban J connectivity index is 1.25. The lowest BCUT2D eigenvalue weighted by Gasteiger charge is -2.36. The number of hydrogen-bond acceptors (Lipinski definition) is 5. The molecule has 0 amide bonds. The minimum atomic E-state index is 0.221. The first-order valence-corrected chi connectivity index (χ1v) is 12.7. The van der Waals surface area contributed by atoms with Gasteiger partial charge in [-0.15, -0.1) is 0 Å². The van der Waals surface area contributed by atoms with Gasteiger partial charge in [0, 0.05) is 37.4 Å². The van der Waals surface area contributed by atoms with Gasteiger partial charge in [-0.25, -0.2) is 4.98 Å². The molecule has 2 aromatic carbocycles. The van der Waals surface area contributed by atoms with E-state index in [0.717, 1.165) is 49.2 Å². The van der Waals surface area contributed by atoms with E-state index in [0.29, 0.717) is 6.54 Å². The Bertz CT molecular complexity index is 1390. The van der Waals surface area contributed by atoms with E-state index >= 15 is 0 Å². The molecule has 1 unspecified atom stereocenters. The molecule has 1 aliphatic carbocycles. The maximum atomic E-state index is 4.88. The Morgan fingerprint density at radius 3 is 2.50 bits per heavy atom. The summed E-state index contributed by atoms with van der Waals surface area (Å²) in [5.74, 6) is 0.974. The number of rotatable bonds is 8. The quantitative estimate of drug-likeness (QED) is 0.301. The molecule has 1 atom stereocenters. The van der Waals surface area contributed by atoms with Crippen molar-refractivity contribution in [3.8, 4) is 0 Å². The lowest BCUT2D eigenvalue weighted by molar-refractivity contribution is 0.501. The van der Waals surface area contributed by atoms with Gasteiger partial charge in [0.05, 0.1) is 29.3 Å². The van der Waals surface area contributed by atoms with Crippen LogP contribution in [-0.4, -0.2) is 19.9 Å². The molecule has 3 heterocycles. The van der Waals surface area contributed by atoms with E-state index in [1.165, 1.54) is 28.1 Å². The molecule has 3 aromatic heterocycles. The second kappa shape index (κ2) is 10.3. The van der Waals surface area contributed by atoms with Gasteiger partial charge < -0.3 is 15.2 Å². The van der Waals surface area contributed by atoms with Crippen molar-refractivity contribution in [2.24, 2.45) is 0 Å². The zero-order chi connectivity index (χ0) is 24.2. The van der Waals surface area contributed by atoms with Crippen LogP contribution in [0.2, 0.25) is 0 Å². The van der Waals surface area contributed by atoms with Crippen molar-refractivity contribution in [3.63, 3.8) is 0 Å². The van der Waals surface area contributed by atoms with Crippen LogP contribution >= 0.6 is 0 Å². The fourth-order valence-electron chi connectivity index (χ4n) is 5.17. The predicted octanol–water partition coefficient (Wildman–Crippen LogP) is 5.73. The summed E-state index contributed by atoms with van der Waals surface area (Å²) in [6.07, 6.45) is 8.94. The number of para-hydroxylation sites is 2. The maximum absolute atomic E-state index is 4.88. The van der Waals surface area contributed by atoms with E-state index in [4.69, 9.17) is 9.97 Å². The summed E-state index contributed by atoms with van der Waals surface area (Å²) in [6.45, 7) is 2.35. The SMILES string of the molecule is c1cnc2c(c1)CCCC2N(Cc1nc2ccccc2[nH]1)c1ccc(CNCc2ccncc2)cc1. The number of aromatic amines is 1. The van der Waals surface area contributed by atoms with Crippen molar-refractivity contribution in [1.82, 2.24) is 25.3 Å². The highest BCUT2D eigenvalue weighted by atomic mass is 15.2. The smallest absolute Gasteiger partial charge is 0.126 e. The van der Waals surface area contributed by atoms with Crippen LogP contribution in [0.1, 0.15) is 47.1 Å². The Hall–Kier alpha value is -4.03. The molecule has 0 spiro atoms. The highest BCUT2D eigenvalue weighted by Crippen LogP contribution is 2.37. The third kappa shape index (κ3) is 4.86. The summed E-state index contributed by atoms with van der Waals surface area (Å²) in [5.41, 5.74) is 8.33. The molecule has 0 saturated heterocycles. The van der Waals surface area contributed by atoms with Crippen LogP contribution in [0.15, 0.2) is 91.4 Å². The highest BCUT2D eigenvalue weighted by Gasteiger charge is 2.28. The molecule has 2 N–H and O–H groups in total. The van der Waals surface area contributed by atoms with Crippen molar-refractivity contribution in [2.75, 3.05) is 4.90 Å². The molecular formula is C30H30N6. The van der Waals surface area contributed by atoms with Crippen LogP contribution in [0, 0.1) is 0 Å². The van der Waals surface area contributed by atoms with E-state index in [9.17, 15) is 0 Å². The molecule has 0 bridgehead atoms. The molecule has 180 valence electrons. The number of anilines is 1. The third-order valence-corrected chi connectivity index (χ3v) is 6.98. The van der Waals surface area contributed by atoms with E-state index in [1.807, 2.05) is 42.9 Å². The number of imidazole rings is 1. The molecular weight excluding hydrogens is 444 g/mol. The van der Waals surface area contributed by atoms with Crippen LogP contribution in [-0.2, 0) is 26.1 Å². The number of pyridine rings is 2. The fraction of sp³-hybridized carbons (Fsp3) is 0.233. The average Bonchev–Trinajstić information content (AvgIpc) is 3.35. The van der Waals surface area contributed by atoms with E-state index < -0.39 is 0 Å². The maximum Gasteiger partial charge on any atom is 0.126 e. The molecule has 6 nitrogen and oxygen atoms in total. The van der Waals surface area contributed by atoms with E-state index in [-0.39, 0.29) is 6.04 Å². The van der Waals surface area contributed by atoms with Crippen LogP contribution in [0.3, 0.4) is 0 Å². The first kappa shape index (κ1) is 22.4. The summed E-state index contributed by atoms with van der Waals surface area (Å²) >= 11 is 0. The van der Waals surface area contributed by atoms with Crippen molar-refractivity contribution >= 4 is 16.7 Å². The lowest BCUT2D eigenvalue weighted by atomic mass is 9.90. The Morgan fingerprint density at radius 2 is 1.67 bits per heavy atom. The summed E-state index contributed by atoms with van der Waals surface area (Å²) in [4.78, 5) is 19.8. The van der Waals surface area contributed by atoms with Gasteiger partial charge >= 0.3 is 0 Å². The minimum absolute atomic E-state index is 0.221. The van der Waals surface area contributed by atoms with Gasteiger partial charge in [0.2, 0.25) is 0 Å². The molecule has 0 fully saturated rings. The largest absolute Gasteiger partial charge is 0.355 e. The number of hydrogen-bond donors (Lipinski definition) is 2. The monoisotopic (exact) mass is 474 g/mol. The number of nitrogens with one attached hydrogen (secondary N) is 2. The second-order valence-corrected chi connectivity index (χ2v) is 9.41. The van der Waals surface area contributed by atoms with E-state index in [1.54, 1.807) is 0 Å². The molecule has 6 heteroatoms. The summed E-state index contributed by atoms with van der Waals surface area (Å²) in [6, 6.07) is 25.7. The second-order valence-electron chi connectivity index (χ2n) is 9.41. The third-order valence-electron chi connectivity index (χ3n) is 6.98. The van der Waals surface area contributed by atoms with Crippen molar-refractivity contribution in [1.29, 1.82) is 0 Å². The zero-order valence-corrected chi connectivity index (χ0v) is 20.3. The van der Waals surface area contributed by atoms with Crippen molar-refractivity contribution in [2.45, 2.75) is 44.9 Å². The minimum Gasteiger partial charge on any atom is -0.355 e. The molecule has 1 aliphatic rings. The Kier molecular flexibility index (Phi) is 6.42. The number of H-pyrrole nitrogens is 1. The topological polar surface area (TPSA) is 69.7 Å². The van der Waals surface area contributed by atoms with Crippen LogP contribution in [0.4, 0.5) is 5.69 Å². The number of nitrogens with zero attached hydrogens (tertiary/aromatic N) is 4. The predicted molar refractivity (Wildman–Crippen MR) is 143 cm³/mol. The van der Waals surface area contributed by atoms with E-state index in [2.05, 4.69) is 68.7 Å². The lowest BCUT2D eigenvalue weighted by Crippen LogP contribution is -2.32. The average molecular weight is 475 g/mol. The van der Waals surface area contributed by atoms with Crippen LogP contribution in [0.5, 0.6) is 0 Å². The molecule has 6 rings (SSSR count). The number of aromatic nitrogens is 4. The highest BCUT2D eigenvalue weighted by molar-refractivity contribution is 5.74. The van der Waals surface area contributed by atoms with Gasteiger partial charge in [-0.2, -0.15) is 0 Å². The normalized spacial score (nSPS) is 15.1. The number of benzene rings is 2. The van der Waals surface area contributed by atoms with Gasteiger partial charge in [-0.1, -0.05) is 30.3 Å². The summed E-state index contributed by atoms with van der Waals surface area (Å²) < 4.78 is 0. The Labute approximate surface area is 211 Å². The molecule has 5 aromatic rings. The van der Waals surface area contributed by atoms with Gasteiger partial charge in [0.1, 0.15) is 5.82 Å². The van der Waals surface area contributed by atoms with Crippen molar-refractivity contribution < 1.29 is 0 Å². The van der Waals surface area contributed by atoms with Crippen molar-refractivity contribution in [3.05, 3.63) is 120 Å². The standard InChI is InChI=1S/C30H30N6/c1-2-8-27-26(7-1)34-29(35-27)21-36(28-9-3-5-24-6-4-16-33-30(24)28)25-12-10-22(11-13-25)19-32-20-23-14-17-31-18-15-23/h1-2,4,6-8,10-18,28,32H,3,5,9,19-21H2,(H,34,35). The zero-order valence-electron chi connectivity index (χ0n) is 20.3. The molecule has 0 aliphatic heterocycles. The summed E-state index contributed by atoms with van der Waals surface area (Å²) in [5, 5.41) is 3.53. The van der Waals surface area contributed by atoms with Gasteiger partial charge in [0.25, 0.3) is 0 Å². The Morgan fingerprint density at radius 1 is 0.861 bits per heavy atom. The van der Waals surface area contributed by atoms with Gasteiger partial charge in [0.15, 0.2) is 0 Å². The number of fused-ring (bicyclic) bond motifs is 2. The fourth-order valence-corrected chi connectivity index (χ4v) is 5.17. The van der Waals surface area contributed by atoms with Crippen LogP contribution < -0.4 is 10.2 Å². The summed E-state index contributed by atoms with van der Waals surface area (Å²) in [7, 11) is 0. The first-order valence-electron chi connectivity index (χ1n) is 12.7. The first-order chi connectivity index (χ1) is 17.8. The van der Waals surface area contributed by atoms with Gasteiger partial charge in [-0.3, -0.25) is 9.97 Å². The van der Waals surface area contributed by atoms with Gasteiger partial charge in [-0.05, 0) is 78.4 Å². The molecule has 0 radical (unpaired) electrons. The number of aryl methyl sites for hydroxylation is 1. The molecule has 0 saturated carbocycles. The molecule has 36 heavy (non-hydrogen) atoms. The van der Waals surface area contributed by atoms with Crippen LogP contribution in [0.25, 0.3) is 11.0 Å².